The van der Waals surface area contributed by atoms with Crippen LogP contribution in [0.1, 0.15) is 32.6 Å². The highest BCUT2D eigenvalue weighted by atomic mass is 16.5. The van der Waals surface area contributed by atoms with E-state index in [0.717, 1.165) is 27.9 Å². The number of hydrogen-bond donors (Lipinski definition) is 1. The Morgan fingerprint density at radius 3 is 2.32 bits per heavy atom. The fraction of sp³-hybridized carbons (Fsp3) is 0.154. The zero-order valence-electron chi connectivity index (χ0n) is 17.5. The van der Waals surface area contributed by atoms with Gasteiger partial charge in [-0.05, 0) is 53.4 Å². The average Bonchev–Trinajstić information content (AvgIpc) is 3.25. The van der Waals surface area contributed by atoms with Gasteiger partial charge in [0.05, 0.1) is 25.1 Å². The molecule has 1 amide bonds. The third kappa shape index (κ3) is 5.47. The maximum Gasteiger partial charge on any atom is 0.251 e. The van der Waals surface area contributed by atoms with Crippen LogP contribution in [0.5, 0.6) is 0 Å². The van der Waals surface area contributed by atoms with Gasteiger partial charge in [-0.25, -0.2) is 4.68 Å². The Morgan fingerprint density at radius 1 is 0.903 bits per heavy atom. The number of aryl methyl sites for hydroxylation is 1. The molecule has 0 atom stereocenters. The standard InChI is InChI=1S/C26H25N3O2/c1-20-15-28-29(17-20)25-13-11-22(12-14-25)26(30)27-16-23-9-5-6-10-24(23)19-31-18-21-7-3-2-4-8-21/h2-15,17H,16,18-19H2,1H3,(H,27,30). The first-order valence-corrected chi connectivity index (χ1v) is 10.3. The van der Waals surface area contributed by atoms with E-state index >= 15 is 0 Å². The Balaban J connectivity index is 1.34. The molecule has 4 aromatic rings. The Kier molecular flexibility index (Phi) is 6.55. The number of rotatable bonds is 8. The van der Waals surface area contributed by atoms with Crippen molar-refractivity contribution >= 4 is 5.91 Å². The highest BCUT2D eigenvalue weighted by molar-refractivity contribution is 5.94. The van der Waals surface area contributed by atoms with Gasteiger partial charge >= 0.3 is 0 Å². The van der Waals surface area contributed by atoms with Gasteiger partial charge in [0.25, 0.3) is 5.91 Å². The van der Waals surface area contributed by atoms with Crippen molar-refractivity contribution in [2.75, 3.05) is 0 Å². The Morgan fingerprint density at radius 2 is 1.61 bits per heavy atom. The van der Waals surface area contributed by atoms with Gasteiger partial charge in [0.1, 0.15) is 0 Å². The molecule has 0 aliphatic carbocycles. The molecule has 1 aromatic heterocycles. The molecule has 1 heterocycles. The van der Waals surface area contributed by atoms with E-state index in [9.17, 15) is 4.79 Å². The zero-order valence-corrected chi connectivity index (χ0v) is 17.5. The van der Waals surface area contributed by atoms with Crippen LogP contribution >= 0.6 is 0 Å². The predicted octanol–water partition coefficient (Wildman–Crippen LogP) is 4.83. The minimum atomic E-state index is -0.108. The summed E-state index contributed by atoms with van der Waals surface area (Å²) in [6.07, 6.45) is 3.76. The lowest BCUT2D eigenvalue weighted by molar-refractivity contribution is 0.0947. The van der Waals surface area contributed by atoms with E-state index in [1.54, 1.807) is 4.68 Å². The molecule has 156 valence electrons. The van der Waals surface area contributed by atoms with E-state index in [-0.39, 0.29) is 5.91 Å². The van der Waals surface area contributed by atoms with E-state index in [1.165, 1.54) is 0 Å². The van der Waals surface area contributed by atoms with Crippen molar-refractivity contribution in [1.82, 2.24) is 15.1 Å². The lowest BCUT2D eigenvalue weighted by Gasteiger charge is -2.12. The lowest BCUT2D eigenvalue weighted by Crippen LogP contribution is -2.23. The predicted molar refractivity (Wildman–Crippen MR) is 121 cm³/mol. The second-order valence-corrected chi connectivity index (χ2v) is 7.44. The lowest BCUT2D eigenvalue weighted by atomic mass is 10.1. The van der Waals surface area contributed by atoms with Crippen molar-refractivity contribution < 1.29 is 9.53 Å². The van der Waals surface area contributed by atoms with Crippen LogP contribution in [0.15, 0.2) is 91.3 Å². The van der Waals surface area contributed by atoms with Gasteiger partial charge < -0.3 is 10.1 Å². The smallest absolute Gasteiger partial charge is 0.251 e. The summed E-state index contributed by atoms with van der Waals surface area (Å²) >= 11 is 0. The van der Waals surface area contributed by atoms with E-state index in [0.29, 0.717) is 25.3 Å². The van der Waals surface area contributed by atoms with Gasteiger partial charge in [-0.1, -0.05) is 54.6 Å². The van der Waals surface area contributed by atoms with Crippen LogP contribution in [0, 0.1) is 6.92 Å². The molecular formula is C26H25N3O2. The summed E-state index contributed by atoms with van der Waals surface area (Å²) in [5, 5.41) is 7.30. The van der Waals surface area contributed by atoms with Crippen molar-refractivity contribution in [2.45, 2.75) is 26.7 Å². The van der Waals surface area contributed by atoms with Crippen LogP contribution in [0.3, 0.4) is 0 Å². The maximum absolute atomic E-state index is 12.6. The van der Waals surface area contributed by atoms with Crippen molar-refractivity contribution in [3.8, 4) is 5.69 Å². The molecular weight excluding hydrogens is 386 g/mol. The summed E-state index contributed by atoms with van der Waals surface area (Å²) < 4.78 is 7.67. The van der Waals surface area contributed by atoms with Gasteiger partial charge in [0, 0.05) is 18.3 Å². The third-order valence-corrected chi connectivity index (χ3v) is 5.03. The third-order valence-electron chi connectivity index (χ3n) is 5.03. The summed E-state index contributed by atoms with van der Waals surface area (Å²) in [5.74, 6) is -0.108. The summed E-state index contributed by atoms with van der Waals surface area (Å²) in [7, 11) is 0. The summed E-state index contributed by atoms with van der Waals surface area (Å²) in [6, 6.07) is 25.5. The largest absolute Gasteiger partial charge is 0.372 e. The van der Waals surface area contributed by atoms with E-state index in [4.69, 9.17) is 4.74 Å². The van der Waals surface area contributed by atoms with E-state index in [2.05, 4.69) is 10.4 Å². The van der Waals surface area contributed by atoms with Crippen molar-refractivity contribution in [3.63, 3.8) is 0 Å². The number of carbonyl (C=O) groups is 1. The first-order chi connectivity index (χ1) is 15.2. The zero-order chi connectivity index (χ0) is 21.5. The molecule has 0 saturated heterocycles. The van der Waals surface area contributed by atoms with Crippen LogP contribution in [0.4, 0.5) is 0 Å². The molecule has 0 unspecified atom stereocenters. The Hall–Kier alpha value is -3.70. The second kappa shape index (κ2) is 9.87. The number of nitrogens with one attached hydrogen (secondary N) is 1. The first kappa shape index (κ1) is 20.6. The number of aromatic nitrogens is 2. The van der Waals surface area contributed by atoms with Crippen LogP contribution in [-0.4, -0.2) is 15.7 Å². The fourth-order valence-corrected chi connectivity index (χ4v) is 3.32. The van der Waals surface area contributed by atoms with Crippen molar-refractivity contribution in [3.05, 3.63) is 119 Å². The second-order valence-electron chi connectivity index (χ2n) is 7.44. The molecule has 1 N–H and O–H groups in total. The Bertz CT molecular complexity index is 1130. The molecule has 0 radical (unpaired) electrons. The minimum Gasteiger partial charge on any atom is -0.372 e. The van der Waals surface area contributed by atoms with Crippen molar-refractivity contribution in [2.24, 2.45) is 0 Å². The van der Waals surface area contributed by atoms with Crippen molar-refractivity contribution in [1.29, 1.82) is 0 Å². The summed E-state index contributed by atoms with van der Waals surface area (Å²) in [6.45, 7) is 3.50. The molecule has 0 fully saturated rings. The molecule has 0 bridgehead atoms. The number of hydrogen-bond acceptors (Lipinski definition) is 3. The average molecular weight is 412 g/mol. The van der Waals surface area contributed by atoms with Crippen LogP contribution in [-0.2, 0) is 24.5 Å². The molecule has 0 saturated carbocycles. The van der Waals surface area contributed by atoms with Gasteiger partial charge in [0.15, 0.2) is 0 Å². The molecule has 3 aromatic carbocycles. The SMILES string of the molecule is Cc1cnn(-c2ccc(C(=O)NCc3ccccc3COCc3ccccc3)cc2)c1. The molecule has 5 heteroatoms. The monoisotopic (exact) mass is 411 g/mol. The van der Waals surface area contributed by atoms with Crippen LogP contribution in [0.2, 0.25) is 0 Å². The van der Waals surface area contributed by atoms with Gasteiger partial charge in [-0.15, -0.1) is 0 Å². The summed E-state index contributed by atoms with van der Waals surface area (Å²) in [4.78, 5) is 12.6. The molecule has 5 nitrogen and oxygen atoms in total. The highest BCUT2D eigenvalue weighted by Crippen LogP contribution is 2.13. The van der Waals surface area contributed by atoms with E-state index < -0.39 is 0 Å². The van der Waals surface area contributed by atoms with Gasteiger partial charge in [-0.3, -0.25) is 4.79 Å². The first-order valence-electron chi connectivity index (χ1n) is 10.3. The quantitative estimate of drug-likeness (QED) is 0.452. The topological polar surface area (TPSA) is 56.2 Å². The number of benzene rings is 3. The summed E-state index contributed by atoms with van der Waals surface area (Å²) in [5.41, 5.74) is 5.89. The number of nitrogens with zero attached hydrogens (tertiary/aromatic N) is 2. The maximum atomic E-state index is 12.6. The van der Waals surface area contributed by atoms with Gasteiger partial charge in [0.2, 0.25) is 0 Å². The highest BCUT2D eigenvalue weighted by Gasteiger charge is 2.08. The molecule has 0 spiro atoms. The molecule has 4 rings (SSSR count). The van der Waals surface area contributed by atoms with Crippen LogP contribution in [0.25, 0.3) is 5.69 Å². The molecule has 0 aliphatic rings. The fourth-order valence-electron chi connectivity index (χ4n) is 3.32. The number of amides is 1. The molecule has 31 heavy (non-hydrogen) atoms. The van der Waals surface area contributed by atoms with Crippen LogP contribution < -0.4 is 5.32 Å². The minimum absolute atomic E-state index is 0.108. The van der Waals surface area contributed by atoms with E-state index in [1.807, 2.05) is 98.2 Å². The van der Waals surface area contributed by atoms with Gasteiger partial charge in [-0.2, -0.15) is 5.10 Å². The number of carbonyl (C=O) groups excluding carboxylic acids is 1. The molecule has 0 aliphatic heterocycles. The Labute approximate surface area is 182 Å². The normalized spacial score (nSPS) is 10.7. The number of ether oxygens (including phenoxy) is 1.